The Balaban J connectivity index is 2.20. The molecule has 218 valence electrons. The van der Waals surface area contributed by atoms with Gasteiger partial charge in [-0.05, 0) is 32.1 Å². The first-order chi connectivity index (χ1) is 18.3. The van der Waals surface area contributed by atoms with Crippen molar-refractivity contribution in [2.45, 2.75) is 207 Å². The van der Waals surface area contributed by atoms with Gasteiger partial charge in [0.05, 0.1) is 13.1 Å². The van der Waals surface area contributed by atoms with Crippen LogP contribution in [0.25, 0.3) is 0 Å². The largest absolute Gasteiger partial charge is 0.256 e. The molecule has 2 nitrogen and oxygen atoms in total. The molecule has 0 amide bonds. The van der Waals surface area contributed by atoms with E-state index in [1.54, 1.807) is 5.82 Å². The van der Waals surface area contributed by atoms with E-state index < -0.39 is 0 Å². The van der Waals surface area contributed by atoms with Crippen LogP contribution in [0.1, 0.15) is 194 Å². The number of unbranched alkanes of at least 4 members (excludes halogenated alkanes) is 23. The van der Waals surface area contributed by atoms with Crippen LogP contribution in [0, 0.1) is 0 Å². The molecule has 0 spiro atoms. The standard InChI is InChI=1S/C35H69N2/c1-4-7-10-12-14-16-18-20-22-24-26-29-32-37-34-33-36(31-28-9-6-3)35(37)30-27-25-23-21-19-17-15-13-11-8-5-2/h33-34H,4-32H2,1-3H3/q+1. The van der Waals surface area contributed by atoms with Crippen LogP contribution >= 0.6 is 0 Å². The molecular weight excluding hydrogens is 448 g/mol. The minimum Gasteiger partial charge on any atom is -0.234 e. The highest BCUT2D eigenvalue weighted by Crippen LogP contribution is 2.14. The van der Waals surface area contributed by atoms with Crippen molar-refractivity contribution in [3.8, 4) is 0 Å². The molecule has 0 bridgehead atoms. The molecule has 1 aromatic rings. The lowest BCUT2D eigenvalue weighted by Crippen LogP contribution is -2.37. The van der Waals surface area contributed by atoms with Gasteiger partial charge in [0.1, 0.15) is 12.4 Å². The summed E-state index contributed by atoms with van der Waals surface area (Å²) in [6, 6.07) is 0. The van der Waals surface area contributed by atoms with Crippen molar-refractivity contribution < 1.29 is 4.57 Å². The number of imidazole rings is 1. The zero-order valence-electron chi connectivity index (χ0n) is 26.1. The Morgan fingerprint density at radius 1 is 0.459 bits per heavy atom. The first-order valence-electron chi connectivity index (χ1n) is 17.4. The summed E-state index contributed by atoms with van der Waals surface area (Å²) in [6.45, 7) is 9.37. The average molecular weight is 518 g/mol. The van der Waals surface area contributed by atoms with Crippen molar-refractivity contribution in [3.05, 3.63) is 18.2 Å². The van der Waals surface area contributed by atoms with Gasteiger partial charge in [-0.2, -0.15) is 0 Å². The molecule has 1 rings (SSSR count). The van der Waals surface area contributed by atoms with Crippen molar-refractivity contribution in [3.63, 3.8) is 0 Å². The summed E-state index contributed by atoms with van der Waals surface area (Å²) < 4.78 is 5.20. The Hall–Kier alpha value is -0.790. The normalized spacial score (nSPS) is 11.5. The van der Waals surface area contributed by atoms with Gasteiger partial charge in [-0.1, -0.05) is 156 Å². The maximum atomic E-state index is 2.61. The van der Waals surface area contributed by atoms with Crippen molar-refractivity contribution in [1.29, 1.82) is 0 Å². The Morgan fingerprint density at radius 3 is 1.30 bits per heavy atom. The predicted molar refractivity (Wildman–Crippen MR) is 165 cm³/mol. The summed E-state index contributed by atoms with van der Waals surface area (Å²) in [7, 11) is 0. The molecule has 37 heavy (non-hydrogen) atoms. The fourth-order valence-electron chi connectivity index (χ4n) is 5.80. The van der Waals surface area contributed by atoms with Crippen LogP contribution in [0.5, 0.6) is 0 Å². The van der Waals surface area contributed by atoms with Crippen LogP contribution < -0.4 is 4.57 Å². The lowest BCUT2D eigenvalue weighted by molar-refractivity contribution is -0.704. The number of aromatic nitrogens is 2. The SMILES string of the molecule is CCCCCCCCCCCCCC[n+]1ccn(CCCCC)c1CCCCCCCCCCCCC. The van der Waals surface area contributed by atoms with Gasteiger partial charge >= 0.3 is 0 Å². The van der Waals surface area contributed by atoms with E-state index in [9.17, 15) is 0 Å². The van der Waals surface area contributed by atoms with E-state index in [4.69, 9.17) is 0 Å². The molecule has 0 unspecified atom stereocenters. The zero-order chi connectivity index (χ0) is 26.7. The predicted octanol–water partition coefficient (Wildman–Crippen LogP) is 11.5. The highest BCUT2D eigenvalue weighted by atomic mass is 15.1. The van der Waals surface area contributed by atoms with Gasteiger partial charge in [-0.25, -0.2) is 9.13 Å². The van der Waals surface area contributed by atoms with Gasteiger partial charge in [0, 0.05) is 6.42 Å². The second kappa shape index (κ2) is 26.8. The number of nitrogens with zero attached hydrogens (tertiary/aromatic N) is 2. The van der Waals surface area contributed by atoms with E-state index in [-0.39, 0.29) is 0 Å². The van der Waals surface area contributed by atoms with Crippen LogP contribution in [0.3, 0.4) is 0 Å². The topological polar surface area (TPSA) is 8.81 Å². The summed E-state index contributed by atoms with van der Waals surface area (Å²) in [5.41, 5.74) is 0. The van der Waals surface area contributed by atoms with E-state index in [1.807, 2.05) is 0 Å². The molecule has 0 atom stereocenters. The molecule has 1 heterocycles. The molecular formula is C35H69N2+. The Labute approximate surface area is 234 Å². The maximum Gasteiger partial charge on any atom is 0.256 e. The van der Waals surface area contributed by atoms with Gasteiger partial charge in [-0.3, -0.25) is 0 Å². The van der Waals surface area contributed by atoms with Crippen molar-refractivity contribution in [2.75, 3.05) is 0 Å². The van der Waals surface area contributed by atoms with E-state index >= 15 is 0 Å². The van der Waals surface area contributed by atoms with Crippen molar-refractivity contribution in [1.82, 2.24) is 4.57 Å². The Morgan fingerprint density at radius 2 is 0.838 bits per heavy atom. The quantitative estimate of drug-likeness (QED) is 0.0737. The molecule has 0 N–H and O–H groups in total. The summed E-state index contributed by atoms with van der Waals surface area (Å²) in [4.78, 5) is 0. The van der Waals surface area contributed by atoms with Crippen molar-refractivity contribution >= 4 is 0 Å². The van der Waals surface area contributed by atoms with E-state index in [0.29, 0.717) is 0 Å². The van der Waals surface area contributed by atoms with Gasteiger partial charge < -0.3 is 0 Å². The Bertz CT molecular complexity index is 576. The zero-order valence-corrected chi connectivity index (χ0v) is 26.1. The van der Waals surface area contributed by atoms with Crippen LogP contribution in [0.4, 0.5) is 0 Å². The summed E-state index contributed by atoms with van der Waals surface area (Å²) >= 11 is 0. The first-order valence-corrected chi connectivity index (χ1v) is 17.4. The summed E-state index contributed by atoms with van der Waals surface area (Å²) in [5.74, 6) is 1.61. The minimum absolute atomic E-state index is 1.21. The molecule has 0 aliphatic heterocycles. The van der Waals surface area contributed by atoms with E-state index in [0.717, 1.165) is 0 Å². The number of hydrogen-bond acceptors (Lipinski definition) is 0. The molecule has 0 saturated heterocycles. The molecule has 1 aromatic heterocycles. The van der Waals surface area contributed by atoms with Gasteiger partial charge in [-0.15, -0.1) is 0 Å². The fraction of sp³-hybridized carbons (Fsp3) is 0.914. The molecule has 2 heteroatoms. The highest BCUT2D eigenvalue weighted by Gasteiger charge is 2.16. The molecule has 0 aromatic carbocycles. The van der Waals surface area contributed by atoms with Gasteiger partial charge in [0.15, 0.2) is 0 Å². The first kappa shape index (κ1) is 34.2. The second-order valence-corrected chi connectivity index (χ2v) is 12.0. The van der Waals surface area contributed by atoms with Crippen LogP contribution in [0.15, 0.2) is 12.4 Å². The van der Waals surface area contributed by atoms with Crippen LogP contribution in [-0.2, 0) is 19.5 Å². The van der Waals surface area contributed by atoms with E-state index in [1.165, 1.54) is 186 Å². The summed E-state index contributed by atoms with van der Waals surface area (Å²) in [5, 5.41) is 0. The Kier molecular flexibility index (Phi) is 24.8. The molecule has 0 saturated carbocycles. The molecule has 0 fully saturated rings. The number of rotatable bonds is 29. The third-order valence-electron chi connectivity index (χ3n) is 8.35. The van der Waals surface area contributed by atoms with Crippen LogP contribution in [-0.4, -0.2) is 4.57 Å². The monoisotopic (exact) mass is 518 g/mol. The lowest BCUT2D eigenvalue weighted by atomic mass is 10.0. The minimum atomic E-state index is 1.21. The third-order valence-corrected chi connectivity index (χ3v) is 8.35. The van der Waals surface area contributed by atoms with Crippen molar-refractivity contribution in [2.24, 2.45) is 0 Å². The maximum absolute atomic E-state index is 2.61. The molecule has 0 radical (unpaired) electrons. The number of hydrogen-bond donors (Lipinski definition) is 0. The smallest absolute Gasteiger partial charge is 0.234 e. The average Bonchev–Trinajstić information content (AvgIpc) is 3.29. The molecule has 0 aliphatic rings. The fourth-order valence-corrected chi connectivity index (χ4v) is 5.80. The summed E-state index contributed by atoms with van der Waals surface area (Å²) in [6.07, 6.45) is 43.0. The second-order valence-electron chi connectivity index (χ2n) is 12.0. The van der Waals surface area contributed by atoms with Crippen LogP contribution in [0.2, 0.25) is 0 Å². The highest BCUT2D eigenvalue weighted by molar-refractivity contribution is 4.84. The lowest BCUT2D eigenvalue weighted by Gasteiger charge is -2.07. The molecule has 0 aliphatic carbocycles. The van der Waals surface area contributed by atoms with E-state index in [2.05, 4.69) is 42.3 Å². The number of aryl methyl sites for hydroxylation is 2. The van der Waals surface area contributed by atoms with Gasteiger partial charge in [0.25, 0.3) is 5.82 Å². The third kappa shape index (κ3) is 19.9. The van der Waals surface area contributed by atoms with Gasteiger partial charge in [0.2, 0.25) is 0 Å².